The Morgan fingerprint density at radius 1 is 1.03 bits per heavy atom. The van der Waals surface area contributed by atoms with Gasteiger partial charge in [-0.1, -0.05) is 61.2 Å². The van der Waals surface area contributed by atoms with Crippen LogP contribution < -0.4 is 15.6 Å². The lowest BCUT2D eigenvalue weighted by molar-refractivity contribution is -0.118. The highest BCUT2D eigenvalue weighted by atomic mass is 32.2. The number of fused-ring (bicyclic) bond motifs is 1. The van der Waals surface area contributed by atoms with Gasteiger partial charge in [0.1, 0.15) is 5.75 Å². The Bertz CT molecular complexity index is 1360. The number of thioether (sulfide) groups is 1. The lowest BCUT2D eigenvalue weighted by atomic mass is 10.0. The molecule has 0 aliphatic rings. The second-order valence-corrected chi connectivity index (χ2v) is 8.77. The predicted octanol–water partition coefficient (Wildman–Crippen LogP) is 5.00. The van der Waals surface area contributed by atoms with Crippen LogP contribution in [0.3, 0.4) is 0 Å². The van der Waals surface area contributed by atoms with E-state index in [1.54, 1.807) is 24.3 Å². The summed E-state index contributed by atoms with van der Waals surface area (Å²) in [5, 5.41) is 3.66. The minimum atomic E-state index is -2.94. The second-order valence-electron chi connectivity index (χ2n) is 7.83. The molecule has 9 heteroatoms. The monoisotopic (exact) mass is 495 g/mol. The molecule has 1 aromatic heterocycles. The minimum absolute atomic E-state index is 0.0216. The molecule has 1 heterocycles. The third-order valence-electron chi connectivity index (χ3n) is 5.37. The third kappa shape index (κ3) is 6.05. The van der Waals surface area contributed by atoms with Crippen molar-refractivity contribution in [3.8, 4) is 11.4 Å². The summed E-state index contributed by atoms with van der Waals surface area (Å²) in [5.41, 5.74) is 1.74. The number of nitrogens with zero attached hydrogens (tertiary/aromatic N) is 2. The van der Waals surface area contributed by atoms with E-state index in [0.717, 1.165) is 17.3 Å². The number of hydrogen-bond donors (Lipinski definition) is 1. The van der Waals surface area contributed by atoms with E-state index in [9.17, 15) is 18.4 Å². The van der Waals surface area contributed by atoms with Gasteiger partial charge in [-0.25, -0.2) is 4.98 Å². The van der Waals surface area contributed by atoms with Gasteiger partial charge in [-0.15, -0.1) is 0 Å². The zero-order valence-electron chi connectivity index (χ0n) is 18.9. The summed E-state index contributed by atoms with van der Waals surface area (Å²) in [7, 11) is 0. The molecular formula is C26H23F2N3O3S. The molecule has 1 amide bonds. The van der Waals surface area contributed by atoms with E-state index in [1.807, 2.05) is 37.3 Å². The Balaban J connectivity index is 1.54. The molecule has 180 valence electrons. The summed E-state index contributed by atoms with van der Waals surface area (Å²) in [6.07, 6.45) is 0. The van der Waals surface area contributed by atoms with Gasteiger partial charge in [-0.3, -0.25) is 14.2 Å². The van der Waals surface area contributed by atoms with E-state index in [2.05, 4.69) is 15.0 Å². The Morgan fingerprint density at radius 3 is 2.43 bits per heavy atom. The van der Waals surface area contributed by atoms with E-state index < -0.39 is 6.61 Å². The van der Waals surface area contributed by atoms with Crippen molar-refractivity contribution in [1.29, 1.82) is 0 Å². The minimum Gasteiger partial charge on any atom is -0.435 e. The normalized spacial score (nSPS) is 12.0. The van der Waals surface area contributed by atoms with Crippen LogP contribution in [-0.4, -0.2) is 34.4 Å². The first kappa shape index (κ1) is 24.4. The van der Waals surface area contributed by atoms with Crippen molar-refractivity contribution < 1.29 is 18.3 Å². The maximum absolute atomic E-state index is 13.3. The van der Waals surface area contributed by atoms with Gasteiger partial charge in [0.25, 0.3) is 5.56 Å². The summed E-state index contributed by atoms with van der Waals surface area (Å²) in [5.74, 6) is -0.00559. The van der Waals surface area contributed by atoms with Gasteiger partial charge >= 0.3 is 6.61 Å². The van der Waals surface area contributed by atoms with Crippen LogP contribution in [0, 0.1) is 0 Å². The second kappa shape index (κ2) is 11.1. The van der Waals surface area contributed by atoms with Crippen LogP contribution >= 0.6 is 11.8 Å². The van der Waals surface area contributed by atoms with Crippen molar-refractivity contribution in [2.45, 2.75) is 24.6 Å². The average Bonchev–Trinajstić information content (AvgIpc) is 2.87. The van der Waals surface area contributed by atoms with Crippen LogP contribution in [0.25, 0.3) is 16.6 Å². The smallest absolute Gasteiger partial charge is 0.387 e. The molecule has 0 aliphatic heterocycles. The molecule has 35 heavy (non-hydrogen) atoms. The van der Waals surface area contributed by atoms with Gasteiger partial charge < -0.3 is 10.1 Å². The molecule has 1 N–H and O–H groups in total. The van der Waals surface area contributed by atoms with Gasteiger partial charge in [0, 0.05) is 6.54 Å². The van der Waals surface area contributed by atoms with Crippen LogP contribution in [0.2, 0.25) is 0 Å². The number of halogens is 2. The fourth-order valence-electron chi connectivity index (χ4n) is 3.56. The predicted molar refractivity (Wildman–Crippen MR) is 133 cm³/mol. The molecule has 4 aromatic rings. The van der Waals surface area contributed by atoms with Crippen molar-refractivity contribution in [3.63, 3.8) is 0 Å². The Hall–Kier alpha value is -3.72. The largest absolute Gasteiger partial charge is 0.435 e. The van der Waals surface area contributed by atoms with Gasteiger partial charge in [-0.05, 0) is 47.9 Å². The highest BCUT2D eigenvalue weighted by Crippen LogP contribution is 2.23. The van der Waals surface area contributed by atoms with E-state index in [0.29, 0.717) is 28.3 Å². The number of amides is 1. The standard InChI is InChI=1S/C26H23F2N3O3S/c1-17(18-7-3-2-4-8-18)15-29-23(32)16-35-26-30-22-10-6-5-9-21(22)24(33)31(26)19-11-13-20(14-12-19)34-25(27)28/h2-14,17,25H,15-16H2,1H3,(H,29,32). The molecule has 0 fully saturated rings. The van der Waals surface area contributed by atoms with Crippen molar-refractivity contribution in [2.75, 3.05) is 12.3 Å². The van der Waals surface area contributed by atoms with Crippen LogP contribution in [0.15, 0.2) is 88.8 Å². The highest BCUT2D eigenvalue weighted by molar-refractivity contribution is 7.99. The summed E-state index contributed by atoms with van der Waals surface area (Å²) < 4.78 is 30.8. The van der Waals surface area contributed by atoms with E-state index in [1.165, 1.54) is 28.8 Å². The Labute approximate surface area is 205 Å². The zero-order valence-corrected chi connectivity index (χ0v) is 19.7. The maximum atomic E-state index is 13.3. The fourth-order valence-corrected chi connectivity index (χ4v) is 4.40. The van der Waals surface area contributed by atoms with Gasteiger partial charge in [0.15, 0.2) is 5.16 Å². The molecule has 0 saturated heterocycles. The number of para-hydroxylation sites is 1. The number of rotatable bonds is 9. The molecule has 0 spiro atoms. The highest BCUT2D eigenvalue weighted by Gasteiger charge is 2.16. The molecular weight excluding hydrogens is 472 g/mol. The first-order valence-corrected chi connectivity index (χ1v) is 11.9. The molecule has 1 atom stereocenters. The fraction of sp³-hybridized carbons (Fsp3) is 0.192. The van der Waals surface area contributed by atoms with E-state index >= 15 is 0 Å². The maximum Gasteiger partial charge on any atom is 0.387 e. The lowest BCUT2D eigenvalue weighted by Gasteiger charge is -2.15. The summed E-state index contributed by atoms with van der Waals surface area (Å²) in [6, 6.07) is 22.5. The summed E-state index contributed by atoms with van der Waals surface area (Å²) in [6.45, 7) is -0.431. The molecule has 0 saturated carbocycles. The average molecular weight is 496 g/mol. The molecule has 6 nitrogen and oxygen atoms in total. The van der Waals surface area contributed by atoms with Crippen molar-refractivity contribution in [3.05, 3.63) is 94.8 Å². The van der Waals surface area contributed by atoms with Gasteiger partial charge in [0.2, 0.25) is 5.91 Å². The number of carbonyl (C=O) groups is 1. The number of carbonyl (C=O) groups excluding carboxylic acids is 1. The molecule has 4 rings (SSSR count). The molecule has 0 bridgehead atoms. The van der Waals surface area contributed by atoms with Gasteiger partial charge in [0.05, 0.1) is 22.3 Å². The first-order valence-electron chi connectivity index (χ1n) is 10.9. The van der Waals surface area contributed by atoms with Crippen LogP contribution in [-0.2, 0) is 4.79 Å². The number of benzene rings is 3. The van der Waals surface area contributed by atoms with Crippen LogP contribution in [0.1, 0.15) is 18.4 Å². The Morgan fingerprint density at radius 2 is 1.71 bits per heavy atom. The van der Waals surface area contributed by atoms with E-state index in [-0.39, 0.29) is 28.9 Å². The SMILES string of the molecule is CC(CNC(=O)CSc1nc2ccccc2c(=O)n1-c1ccc(OC(F)F)cc1)c1ccccc1. The number of aromatic nitrogens is 2. The number of ether oxygens (including phenoxy) is 1. The van der Waals surface area contributed by atoms with E-state index in [4.69, 9.17) is 0 Å². The quantitative estimate of drug-likeness (QED) is 0.261. The summed E-state index contributed by atoms with van der Waals surface area (Å²) >= 11 is 1.13. The lowest BCUT2D eigenvalue weighted by Crippen LogP contribution is -2.29. The molecule has 1 unspecified atom stereocenters. The molecule has 0 aliphatic carbocycles. The first-order chi connectivity index (χ1) is 16.9. The van der Waals surface area contributed by atoms with Gasteiger partial charge in [-0.2, -0.15) is 8.78 Å². The topological polar surface area (TPSA) is 73.2 Å². The number of hydrogen-bond acceptors (Lipinski definition) is 5. The zero-order chi connectivity index (χ0) is 24.8. The number of alkyl halides is 2. The third-order valence-corrected chi connectivity index (χ3v) is 6.31. The van der Waals surface area contributed by atoms with Crippen molar-refractivity contribution in [2.24, 2.45) is 0 Å². The number of nitrogens with one attached hydrogen (secondary N) is 1. The van der Waals surface area contributed by atoms with Crippen LogP contribution in [0.5, 0.6) is 5.75 Å². The molecule has 3 aromatic carbocycles. The Kier molecular flexibility index (Phi) is 7.77. The van der Waals surface area contributed by atoms with Crippen molar-refractivity contribution in [1.82, 2.24) is 14.9 Å². The van der Waals surface area contributed by atoms with Crippen LogP contribution in [0.4, 0.5) is 8.78 Å². The summed E-state index contributed by atoms with van der Waals surface area (Å²) in [4.78, 5) is 30.4. The molecule has 0 radical (unpaired) electrons. The van der Waals surface area contributed by atoms with Crippen molar-refractivity contribution >= 4 is 28.6 Å².